The summed E-state index contributed by atoms with van der Waals surface area (Å²) in [5, 5.41) is 9.91. The van der Waals surface area contributed by atoms with E-state index in [0.717, 1.165) is 34.5 Å². The number of alkyl halides is 3. The molecule has 0 unspecified atom stereocenters. The molecule has 168 valence electrons. The number of nitrogens with zero attached hydrogens (tertiary/aromatic N) is 3. The molecular weight excluding hydrogens is 431 g/mol. The highest BCUT2D eigenvalue weighted by molar-refractivity contribution is 6.00. The van der Waals surface area contributed by atoms with Crippen molar-refractivity contribution >= 4 is 17.4 Å². The summed E-state index contributed by atoms with van der Waals surface area (Å²) in [7, 11) is 0. The van der Waals surface area contributed by atoms with Crippen molar-refractivity contribution in [3.05, 3.63) is 84.8 Å². The second-order valence-corrected chi connectivity index (χ2v) is 7.22. The van der Waals surface area contributed by atoms with E-state index in [2.05, 4.69) is 20.7 Å². The lowest BCUT2D eigenvalue weighted by Crippen LogP contribution is -2.19. The topological polar surface area (TPSA) is 71.8 Å². The lowest BCUT2D eigenvalue weighted by molar-refractivity contribution is -0.137. The van der Waals surface area contributed by atoms with Gasteiger partial charge in [0, 0.05) is 47.6 Å². The van der Waals surface area contributed by atoms with Gasteiger partial charge in [-0.2, -0.15) is 18.3 Å². The summed E-state index contributed by atoms with van der Waals surface area (Å²) in [6.45, 7) is 2.70. The molecule has 0 radical (unpaired) electrons. The van der Waals surface area contributed by atoms with Crippen LogP contribution in [0.1, 0.15) is 12.5 Å². The minimum atomic E-state index is -4.43. The van der Waals surface area contributed by atoms with Gasteiger partial charge in [-0.25, -0.2) is 4.79 Å². The fourth-order valence-corrected chi connectivity index (χ4v) is 3.32. The number of benzene rings is 2. The van der Waals surface area contributed by atoms with Gasteiger partial charge in [0.05, 0.1) is 5.56 Å². The standard InChI is InChI=1S/C24H20F3N5O/c1-2-32-15-21(16-10-12-28-13-11-16)22(31-32)17-4-3-5-20(14-17)30-23(33)29-19-8-6-18(7-9-19)24(25,26)27/h3-15H,2H2,1H3,(H2,29,30,33). The summed E-state index contributed by atoms with van der Waals surface area (Å²) >= 11 is 0. The van der Waals surface area contributed by atoms with Gasteiger partial charge in [0.15, 0.2) is 0 Å². The Bertz CT molecular complexity index is 1250. The number of hydrogen-bond acceptors (Lipinski definition) is 3. The van der Waals surface area contributed by atoms with Gasteiger partial charge in [0.1, 0.15) is 5.69 Å². The summed E-state index contributed by atoms with van der Waals surface area (Å²) in [6.07, 6.45) is 0.959. The maximum atomic E-state index is 12.7. The van der Waals surface area contributed by atoms with Gasteiger partial charge >= 0.3 is 12.2 Å². The number of amides is 2. The van der Waals surface area contributed by atoms with Crippen LogP contribution >= 0.6 is 0 Å². The molecule has 2 amide bonds. The summed E-state index contributed by atoms with van der Waals surface area (Å²) in [6, 6.07) is 14.7. The Morgan fingerprint density at radius 1 is 0.939 bits per heavy atom. The van der Waals surface area contributed by atoms with Crippen LogP contribution in [0, 0.1) is 0 Å². The highest BCUT2D eigenvalue weighted by atomic mass is 19.4. The third-order valence-corrected chi connectivity index (χ3v) is 4.94. The van der Waals surface area contributed by atoms with Gasteiger partial charge in [-0.3, -0.25) is 9.67 Å². The average molecular weight is 451 g/mol. The van der Waals surface area contributed by atoms with Crippen molar-refractivity contribution in [2.45, 2.75) is 19.6 Å². The van der Waals surface area contributed by atoms with Crippen LogP contribution in [0.3, 0.4) is 0 Å². The summed E-state index contributed by atoms with van der Waals surface area (Å²) < 4.78 is 39.9. The van der Waals surface area contributed by atoms with E-state index in [1.807, 2.05) is 36.0 Å². The van der Waals surface area contributed by atoms with Crippen molar-refractivity contribution in [3.8, 4) is 22.4 Å². The third-order valence-electron chi connectivity index (χ3n) is 4.94. The monoisotopic (exact) mass is 451 g/mol. The number of carbonyl (C=O) groups excluding carboxylic acids is 1. The number of hydrogen-bond donors (Lipinski definition) is 2. The fourth-order valence-electron chi connectivity index (χ4n) is 3.32. The van der Waals surface area contributed by atoms with E-state index in [9.17, 15) is 18.0 Å². The van der Waals surface area contributed by atoms with E-state index in [1.165, 1.54) is 12.1 Å². The number of carbonyl (C=O) groups is 1. The van der Waals surface area contributed by atoms with Gasteiger partial charge < -0.3 is 10.6 Å². The summed E-state index contributed by atoms with van der Waals surface area (Å²) in [4.78, 5) is 16.4. The molecule has 0 bridgehead atoms. The molecule has 0 aliphatic rings. The second kappa shape index (κ2) is 9.15. The molecule has 0 atom stereocenters. The van der Waals surface area contributed by atoms with Crippen LogP contribution in [0.5, 0.6) is 0 Å². The molecule has 4 aromatic rings. The Hall–Kier alpha value is -4.14. The zero-order valence-corrected chi connectivity index (χ0v) is 17.6. The lowest BCUT2D eigenvalue weighted by Gasteiger charge is -2.11. The molecule has 0 aliphatic carbocycles. The van der Waals surface area contributed by atoms with Crippen LogP contribution in [-0.4, -0.2) is 20.8 Å². The van der Waals surface area contributed by atoms with Crippen LogP contribution in [-0.2, 0) is 12.7 Å². The van der Waals surface area contributed by atoms with Crippen molar-refractivity contribution in [2.24, 2.45) is 0 Å². The number of urea groups is 1. The van der Waals surface area contributed by atoms with E-state index >= 15 is 0 Å². The normalized spacial score (nSPS) is 11.3. The minimum absolute atomic E-state index is 0.248. The number of pyridine rings is 1. The van der Waals surface area contributed by atoms with Crippen molar-refractivity contribution in [2.75, 3.05) is 10.6 Å². The SMILES string of the molecule is CCn1cc(-c2ccncc2)c(-c2cccc(NC(=O)Nc3ccc(C(F)(F)F)cc3)c2)n1. The Balaban J connectivity index is 1.53. The van der Waals surface area contributed by atoms with Crippen molar-refractivity contribution < 1.29 is 18.0 Å². The molecule has 2 heterocycles. The Morgan fingerprint density at radius 3 is 2.30 bits per heavy atom. The van der Waals surface area contributed by atoms with E-state index < -0.39 is 17.8 Å². The Labute approximate surface area is 188 Å². The largest absolute Gasteiger partial charge is 0.416 e. The van der Waals surface area contributed by atoms with Crippen LogP contribution in [0.15, 0.2) is 79.3 Å². The van der Waals surface area contributed by atoms with Gasteiger partial charge in [0.25, 0.3) is 0 Å². The molecular formula is C24H20F3N5O. The number of anilines is 2. The van der Waals surface area contributed by atoms with E-state index in [-0.39, 0.29) is 5.69 Å². The first-order valence-corrected chi connectivity index (χ1v) is 10.2. The van der Waals surface area contributed by atoms with Gasteiger partial charge in [-0.1, -0.05) is 12.1 Å². The number of halogens is 3. The first kappa shape index (κ1) is 22.1. The van der Waals surface area contributed by atoms with Gasteiger partial charge in [-0.15, -0.1) is 0 Å². The highest BCUT2D eigenvalue weighted by Gasteiger charge is 2.30. The molecule has 9 heteroatoms. The molecule has 0 fully saturated rings. The third kappa shape index (κ3) is 5.20. The quantitative estimate of drug-likeness (QED) is 0.374. The molecule has 0 saturated heterocycles. The molecule has 6 nitrogen and oxygen atoms in total. The van der Waals surface area contributed by atoms with E-state index in [0.29, 0.717) is 12.2 Å². The van der Waals surface area contributed by atoms with Crippen molar-refractivity contribution in [3.63, 3.8) is 0 Å². The van der Waals surface area contributed by atoms with Crippen LogP contribution in [0.2, 0.25) is 0 Å². The van der Waals surface area contributed by atoms with Crippen molar-refractivity contribution in [1.82, 2.24) is 14.8 Å². The number of rotatable bonds is 5. The first-order chi connectivity index (χ1) is 15.8. The highest BCUT2D eigenvalue weighted by Crippen LogP contribution is 2.32. The van der Waals surface area contributed by atoms with Gasteiger partial charge in [-0.05, 0) is 61.0 Å². The second-order valence-electron chi connectivity index (χ2n) is 7.22. The number of aryl methyl sites for hydroxylation is 1. The molecule has 2 N–H and O–H groups in total. The number of nitrogens with one attached hydrogen (secondary N) is 2. The molecule has 33 heavy (non-hydrogen) atoms. The summed E-state index contributed by atoms with van der Waals surface area (Å²) in [5.41, 5.74) is 3.46. The minimum Gasteiger partial charge on any atom is -0.308 e. The first-order valence-electron chi connectivity index (χ1n) is 10.2. The zero-order valence-electron chi connectivity index (χ0n) is 17.6. The predicted molar refractivity (Wildman–Crippen MR) is 121 cm³/mol. The van der Waals surface area contributed by atoms with E-state index in [1.54, 1.807) is 30.6 Å². The molecule has 0 aliphatic heterocycles. The van der Waals surface area contributed by atoms with Crippen LogP contribution in [0.4, 0.5) is 29.3 Å². The molecule has 0 spiro atoms. The van der Waals surface area contributed by atoms with Gasteiger partial charge in [0.2, 0.25) is 0 Å². The Kier molecular flexibility index (Phi) is 6.12. The predicted octanol–water partition coefficient (Wildman–Crippen LogP) is 6.29. The van der Waals surface area contributed by atoms with Crippen LogP contribution < -0.4 is 10.6 Å². The average Bonchev–Trinajstić information content (AvgIpc) is 3.24. The lowest BCUT2D eigenvalue weighted by atomic mass is 10.0. The smallest absolute Gasteiger partial charge is 0.308 e. The van der Waals surface area contributed by atoms with Crippen molar-refractivity contribution in [1.29, 1.82) is 0 Å². The molecule has 0 saturated carbocycles. The maximum Gasteiger partial charge on any atom is 0.416 e. The molecule has 2 aromatic heterocycles. The van der Waals surface area contributed by atoms with Crippen LogP contribution in [0.25, 0.3) is 22.4 Å². The number of aromatic nitrogens is 3. The molecule has 4 rings (SSSR count). The zero-order chi connectivity index (χ0) is 23.4. The maximum absolute atomic E-state index is 12.7. The Morgan fingerprint density at radius 2 is 1.64 bits per heavy atom. The molecule has 2 aromatic carbocycles. The fraction of sp³-hybridized carbons (Fsp3) is 0.125. The van der Waals surface area contributed by atoms with E-state index in [4.69, 9.17) is 0 Å². The summed E-state index contributed by atoms with van der Waals surface area (Å²) in [5.74, 6) is 0.